The van der Waals surface area contributed by atoms with E-state index >= 15 is 0 Å². The van der Waals surface area contributed by atoms with Crippen LogP contribution in [-0.2, 0) is 11.3 Å². The SMILES string of the molecule is COc1cc(Cl)ccc1C(=O)Nc1cnn(CC2CCCO2)c1. The molecule has 1 aliphatic rings. The lowest BCUT2D eigenvalue weighted by atomic mass is 10.2. The van der Waals surface area contributed by atoms with Crippen LogP contribution in [0.25, 0.3) is 0 Å². The average Bonchev–Trinajstić information content (AvgIpc) is 3.19. The molecule has 0 radical (unpaired) electrons. The van der Waals surface area contributed by atoms with Gasteiger partial charge in [-0.3, -0.25) is 9.48 Å². The highest BCUT2D eigenvalue weighted by Gasteiger charge is 2.17. The molecule has 1 aromatic carbocycles. The second-order valence-corrected chi connectivity index (χ2v) is 5.82. The van der Waals surface area contributed by atoms with Crippen molar-refractivity contribution >= 4 is 23.2 Å². The number of hydrogen-bond donors (Lipinski definition) is 1. The Kier molecular flexibility index (Phi) is 4.83. The van der Waals surface area contributed by atoms with Gasteiger partial charge in [0.1, 0.15) is 5.75 Å². The summed E-state index contributed by atoms with van der Waals surface area (Å²) in [5, 5.41) is 7.58. The van der Waals surface area contributed by atoms with E-state index in [1.165, 1.54) is 7.11 Å². The van der Waals surface area contributed by atoms with Gasteiger partial charge in [-0.15, -0.1) is 0 Å². The molecule has 6 nitrogen and oxygen atoms in total. The van der Waals surface area contributed by atoms with Crippen molar-refractivity contribution in [1.29, 1.82) is 0 Å². The first kappa shape index (κ1) is 15.8. The summed E-state index contributed by atoms with van der Waals surface area (Å²) in [4.78, 5) is 12.4. The molecule has 0 bridgehead atoms. The highest BCUT2D eigenvalue weighted by atomic mass is 35.5. The van der Waals surface area contributed by atoms with Crippen molar-refractivity contribution in [1.82, 2.24) is 9.78 Å². The summed E-state index contributed by atoms with van der Waals surface area (Å²) in [6, 6.07) is 4.89. The number of methoxy groups -OCH3 is 1. The fourth-order valence-electron chi connectivity index (χ4n) is 2.58. The van der Waals surface area contributed by atoms with Gasteiger partial charge >= 0.3 is 0 Å². The number of halogens is 1. The van der Waals surface area contributed by atoms with Crippen LogP contribution in [0.5, 0.6) is 5.75 Å². The second-order valence-electron chi connectivity index (χ2n) is 5.38. The van der Waals surface area contributed by atoms with Gasteiger partial charge in [-0.1, -0.05) is 11.6 Å². The van der Waals surface area contributed by atoms with Gasteiger partial charge in [-0.05, 0) is 31.0 Å². The maximum absolute atomic E-state index is 12.4. The normalized spacial score (nSPS) is 17.2. The fraction of sp³-hybridized carbons (Fsp3) is 0.375. The zero-order valence-corrected chi connectivity index (χ0v) is 13.5. The van der Waals surface area contributed by atoms with E-state index in [0.29, 0.717) is 28.6 Å². The maximum atomic E-state index is 12.4. The van der Waals surface area contributed by atoms with Crippen LogP contribution in [0.15, 0.2) is 30.6 Å². The number of carbonyl (C=O) groups excluding carboxylic acids is 1. The molecule has 0 saturated carbocycles. The standard InChI is InChI=1S/C16H18ClN3O3/c1-22-15-7-11(17)4-5-14(15)16(21)19-12-8-18-20(9-12)10-13-3-2-6-23-13/h4-5,7-9,13H,2-3,6,10H2,1H3,(H,19,21). The number of aromatic nitrogens is 2. The quantitative estimate of drug-likeness (QED) is 0.912. The Balaban J connectivity index is 1.67. The lowest BCUT2D eigenvalue weighted by Gasteiger charge is -2.09. The number of anilines is 1. The largest absolute Gasteiger partial charge is 0.496 e. The predicted molar refractivity (Wildman–Crippen MR) is 87.2 cm³/mol. The smallest absolute Gasteiger partial charge is 0.259 e. The number of benzene rings is 1. The molecule has 2 aromatic rings. The number of rotatable bonds is 5. The van der Waals surface area contributed by atoms with Crippen LogP contribution in [0.2, 0.25) is 5.02 Å². The zero-order chi connectivity index (χ0) is 16.2. The van der Waals surface area contributed by atoms with Crippen molar-refractivity contribution in [2.45, 2.75) is 25.5 Å². The minimum atomic E-state index is -0.268. The number of ether oxygens (including phenoxy) is 2. The number of nitrogens with zero attached hydrogens (tertiary/aromatic N) is 2. The summed E-state index contributed by atoms with van der Waals surface area (Å²) in [5.41, 5.74) is 1.05. The first-order chi connectivity index (χ1) is 11.2. The molecule has 1 amide bonds. The van der Waals surface area contributed by atoms with Gasteiger partial charge < -0.3 is 14.8 Å². The van der Waals surface area contributed by atoms with E-state index in [1.807, 2.05) is 0 Å². The van der Waals surface area contributed by atoms with Gasteiger partial charge in [-0.2, -0.15) is 5.10 Å². The Bertz CT molecular complexity index is 696. The van der Waals surface area contributed by atoms with Crippen molar-refractivity contribution in [2.75, 3.05) is 19.0 Å². The van der Waals surface area contributed by atoms with Crippen molar-refractivity contribution < 1.29 is 14.3 Å². The monoisotopic (exact) mass is 335 g/mol. The van der Waals surface area contributed by atoms with E-state index < -0.39 is 0 Å². The first-order valence-electron chi connectivity index (χ1n) is 7.44. The molecule has 1 aliphatic heterocycles. The van der Waals surface area contributed by atoms with Gasteiger partial charge in [0, 0.05) is 17.8 Å². The molecule has 2 heterocycles. The van der Waals surface area contributed by atoms with Gasteiger partial charge in [0.25, 0.3) is 5.91 Å². The maximum Gasteiger partial charge on any atom is 0.259 e. The minimum absolute atomic E-state index is 0.204. The number of hydrogen-bond acceptors (Lipinski definition) is 4. The van der Waals surface area contributed by atoms with Crippen LogP contribution in [-0.4, -0.2) is 35.5 Å². The minimum Gasteiger partial charge on any atom is -0.496 e. The third-order valence-corrected chi connectivity index (χ3v) is 3.95. The van der Waals surface area contributed by atoms with E-state index in [0.717, 1.165) is 19.4 Å². The summed E-state index contributed by atoms with van der Waals surface area (Å²) in [6.45, 7) is 1.51. The van der Waals surface area contributed by atoms with Crippen molar-refractivity contribution in [2.24, 2.45) is 0 Å². The molecule has 23 heavy (non-hydrogen) atoms. The Morgan fingerprint density at radius 2 is 2.43 bits per heavy atom. The van der Waals surface area contributed by atoms with Gasteiger partial charge in [-0.25, -0.2) is 0 Å². The van der Waals surface area contributed by atoms with Crippen LogP contribution >= 0.6 is 11.6 Å². The van der Waals surface area contributed by atoms with Crippen LogP contribution < -0.4 is 10.1 Å². The molecule has 1 fully saturated rings. The molecule has 1 atom stereocenters. The Hall–Kier alpha value is -2.05. The Labute approximate surface area is 139 Å². The highest BCUT2D eigenvalue weighted by molar-refractivity contribution is 6.31. The van der Waals surface area contributed by atoms with Gasteiger partial charge in [0.15, 0.2) is 0 Å². The number of amides is 1. The van der Waals surface area contributed by atoms with Crippen LogP contribution in [0, 0.1) is 0 Å². The lowest BCUT2D eigenvalue weighted by Crippen LogP contribution is -2.15. The van der Waals surface area contributed by atoms with E-state index in [-0.39, 0.29) is 12.0 Å². The van der Waals surface area contributed by atoms with Crippen LogP contribution in [0.3, 0.4) is 0 Å². The third kappa shape index (κ3) is 3.83. The molecule has 0 spiro atoms. The lowest BCUT2D eigenvalue weighted by molar-refractivity contribution is 0.0940. The van der Waals surface area contributed by atoms with E-state index in [9.17, 15) is 4.79 Å². The molecule has 0 aliphatic carbocycles. The van der Waals surface area contributed by atoms with Gasteiger partial charge in [0.05, 0.1) is 37.2 Å². The molecular formula is C16H18ClN3O3. The molecule has 3 rings (SSSR count). The predicted octanol–water partition coefficient (Wildman–Crippen LogP) is 2.98. The van der Waals surface area contributed by atoms with E-state index in [2.05, 4.69) is 10.4 Å². The molecule has 1 aromatic heterocycles. The van der Waals surface area contributed by atoms with Crippen molar-refractivity contribution in [3.63, 3.8) is 0 Å². The van der Waals surface area contributed by atoms with E-state index in [4.69, 9.17) is 21.1 Å². The fourth-order valence-corrected chi connectivity index (χ4v) is 2.74. The average molecular weight is 336 g/mol. The summed E-state index contributed by atoms with van der Waals surface area (Å²) in [5.74, 6) is 0.164. The van der Waals surface area contributed by atoms with Gasteiger partial charge in [0.2, 0.25) is 0 Å². The molecule has 122 valence electrons. The Morgan fingerprint density at radius 1 is 1.57 bits per heavy atom. The molecule has 1 unspecified atom stereocenters. The molecule has 7 heteroatoms. The van der Waals surface area contributed by atoms with Crippen LogP contribution in [0.1, 0.15) is 23.2 Å². The second kappa shape index (κ2) is 7.02. The number of carbonyl (C=O) groups is 1. The summed E-state index contributed by atoms with van der Waals surface area (Å²) >= 11 is 5.91. The van der Waals surface area contributed by atoms with E-state index in [1.54, 1.807) is 35.3 Å². The summed E-state index contributed by atoms with van der Waals surface area (Å²) in [7, 11) is 1.50. The topological polar surface area (TPSA) is 65.4 Å². The zero-order valence-electron chi connectivity index (χ0n) is 12.8. The summed E-state index contributed by atoms with van der Waals surface area (Å²) in [6.07, 6.45) is 5.75. The first-order valence-corrected chi connectivity index (χ1v) is 7.82. The van der Waals surface area contributed by atoms with Crippen molar-refractivity contribution in [3.8, 4) is 5.75 Å². The third-order valence-electron chi connectivity index (χ3n) is 3.71. The van der Waals surface area contributed by atoms with Crippen molar-refractivity contribution in [3.05, 3.63) is 41.2 Å². The Morgan fingerprint density at radius 3 is 3.17 bits per heavy atom. The molecule has 1 saturated heterocycles. The number of nitrogens with one attached hydrogen (secondary N) is 1. The highest BCUT2D eigenvalue weighted by Crippen LogP contribution is 2.24. The summed E-state index contributed by atoms with van der Waals surface area (Å²) < 4.78 is 12.6. The molecule has 1 N–H and O–H groups in total. The molecular weight excluding hydrogens is 318 g/mol. The van der Waals surface area contributed by atoms with Crippen LogP contribution in [0.4, 0.5) is 5.69 Å².